The van der Waals surface area contributed by atoms with Gasteiger partial charge in [-0.1, -0.05) is 0 Å². The van der Waals surface area contributed by atoms with Crippen LogP contribution in [-0.4, -0.2) is 4.61 Å². The van der Waals surface area contributed by atoms with E-state index >= 15 is 0 Å². The Balaban J connectivity index is 3.03. The van der Waals surface area contributed by atoms with E-state index in [1.807, 2.05) is 0 Å². The van der Waals surface area contributed by atoms with Gasteiger partial charge in [0.25, 0.3) is 0 Å². The van der Waals surface area contributed by atoms with Gasteiger partial charge in [0.2, 0.25) is 0 Å². The molecule has 0 unspecified atom stereocenters. The fraction of sp³-hybridized carbons (Fsp3) is 0.800. The average Bonchev–Trinajstić information content (AvgIpc) is 1.66. The first kappa shape index (κ1) is 9.07. The van der Waals surface area contributed by atoms with Gasteiger partial charge in [0.05, 0.1) is 0 Å². The molecule has 8 heavy (non-hydrogen) atoms. The van der Waals surface area contributed by atoms with Crippen molar-refractivity contribution in [3.05, 3.63) is 0 Å². The molecule has 0 saturated heterocycles. The zero-order chi connectivity index (χ0) is 6.41. The Kier molecular flexibility index (Phi) is 7.03. The van der Waals surface area contributed by atoms with Crippen LogP contribution >= 0.6 is 19.4 Å². The average molecular weight is 242 g/mol. The van der Waals surface area contributed by atoms with Crippen LogP contribution < -0.4 is 0 Å². The molecule has 0 aliphatic rings. The van der Waals surface area contributed by atoms with E-state index in [4.69, 9.17) is 19.4 Å². The van der Waals surface area contributed by atoms with Crippen molar-refractivity contribution in [2.45, 2.75) is 26.2 Å². The molecule has 0 nitrogen and oxygen atoms in total. The molecule has 0 aromatic heterocycles. The van der Waals surface area contributed by atoms with Gasteiger partial charge in [-0.15, -0.1) is 0 Å². The molecule has 3 heteroatoms. The SMILES string of the molecule is CCCC[CH]=[Ru]([Cl])[Cl]. The van der Waals surface area contributed by atoms with E-state index in [0.29, 0.717) is 0 Å². The Morgan fingerprint density at radius 3 is 2.50 bits per heavy atom. The summed E-state index contributed by atoms with van der Waals surface area (Å²) in [6.45, 7) is 2.16. The summed E-state index contributed by atoms with van der Waals surface area (Å²) in [7, 11) is 11.1. The van der Waals surface area contributed by atoms with Crippen molar-refractivity contribution in [1.82, 2.24) is 0 Å². The van der Waals surface area contributed by atoms with Crippen LogP contribution in [0.4, 0.5) is 0 Å². The van der Waals surface area contributed by atoms with Gasteiger partial charge in [0.15, 0.2) is 0 Å². The normalized spacial score (nSPS) is 11.1. The Hall–Kier alpha value is 1.07. The van der Waals surface area contributed by atoms with E-state index in [-0.39, 0.29) is 0 Å². The maximum atomic E-state index is 5.57. The van der Waals surface area contributed by atoms with Crippen LogP contribution in [0.1, 0.15) is 26.2 Å². The second kappa shape index (κ2) is 6.20. The monoisotopic (exact) mass is 242 g/mol. The number of hydrogen-bond acceptors (Lipinski definition) is 0. The van der Waals surface area contributed by atoms with Crippen LogP contribution in [0.15, 0.2) is 0 Å². The first-order valence-corrected chi connectivity index (χ1v) is 8.07. The second-order valence-corrected chi connectivity index (χ2v) is 7.42. The molecule has 0 aromatic carbocycles. The third kappa shape index (κ3) is 7.07. The van der Waals surface area contributed by atoms with Crippen LogP contribution in [0.5, 0.6) is 0 Å². The Labute approximate surface area is 63.7 Å². The van der Waals surface area contributed by atoms with E-state index in [1.165, 1.54) is 12.8 Å². The summed E-state index contributed by atoms with van der Waals surface area (Å²) in [4.78, 5) is 0. The second-order valence-electron chi connectivity index (χ2n) is 1.49. The van der Waals surface area contributed by atoms with Crippen molar-refractivity contribution < 1.29 is 13.5 Å². The van der Waals surface area contributed by atoms with Crippen LogP contribution in [0.3, 0.4) is 0 Å². The fourth-order valence-electron chi connectivity index (χ4n) is 0.353. The molecule has 0 spiro atoms. The molecular formula is C5H10Cl2Ru. The van der Waals surface area contributed by atoms with Crippen LogP contribution in [-0.2, 0) is 13.5 Å². The molecule has 0 N–H and O–H groups in total. The molecule has 0 aliphatic carbocycles. The Morgan fingerprint density at radius 1 is 1.50 bits per heavy atom. The van der Waals surface area contributed by atoms with Gasteiger partial charge in [-0.3, -0.25) is 0 Å². The Bertz CT molecular complexity index is 76.5. The van der Waals surface area contributed by atoms with E-state index < -0.39 is 13.5 Å². The molecule has 52 valence electrons. The molecule has 0 saturated carbocycles. The molecular weight excluding hydrogens is 232 g/mol. The summed E-state index contributed by atoms with van der Waals surface area (Å²) in [5.74, 6) is 0. The van der Waals surface area contributed by atoms with Gasteiger partial charge in [-0.2, -0.15) is 0 Å². The minimum absolute atomic E-state index is 1.10. The molecule has 0 fully saturated rings. The maximum absolute atomic E-state index is 5.57. The quantitative estimate of drug-likeness (QED) is 0.527. The summed E-state index contributed by atoms with van der Waals surface area (Å²) >= 11 is -1.42. The molecule has 0 amide bonds. The molecule has 0 rings (SSSR count). The predicted octanol–water partition coefficient (Wildman–Crippen LogP) is 2.90. The number of hydrogen-bond donors (Lipinski definition) is 0. The van der Waals surface area contributed by atoms with E-state index in [1.54, 1.807) is 0 Å². The van der Waals surface area contributed by atoms with E-state index in [9.17, 15) is 0 Å². The summed E-state index contributed by atoms with van der Waals surface area (Å²) in [5.41, 5.74) is 0. The summed E-state index contributed by atoms with van der Waals surface area (Å²) in [6, 6.07) is 0. The molecule has 0 bridgehead atoms. The van der Waals surface area contributed by atoms with Crippen molar-refractivity contribution in [3.63, 3.8) is 0 Å². The van der Waals surface area contributed by atoms with Gasteiger partial charge < -0.3 is 0 Å². The Morgan fingerprint density at radius 2 is 2.12 bits per heavy atom. The van der Waals surface area contributed by atoms with Crippen molar-refractivity contribution in [1.29, 1.82) is 0 Å². The topological polar surface area (TPSA) is 0 Å². The number of halogens is 2. The molecule has 0 aliphatic heterocycles. The van der Waals surface area contributed by atoms with Crippen molar-refractivity contribution in [3.8, 4) is 0 Å². The first-order valence-electron chi connectivity index (χ1n) is 2.59. The minimum atomic E-state index is -1.42. The molecule has 0 radical (unpaired) electrons. The summed E-state index contributed by atoms with van der Waals surface area (Å²) < 4.78 is 2.05. The third-order valence-corrected chi connectivity index (χ3v) is 3.10. The fourth-order valence-corrected chi connectivity index (χ4v) is 2.00. The number of rotatable bonds is 3. The van der Waals surface area contributed by atoms with Gasteiger partial charge in [0.1, 0.15) is 0 Å². The molecule has 0 heterocycles. The van der Waals surface area contributed by atoms with Crippen molar-refractivity contribution in [2.24, 2.45) is 0 Å². The van der Waals surface area contributed by atoms with Crippen molar-refractivity contribution >= 4 is 24.0 Å². The van der Waals surface area contributed by atoms with Gasteiger partial charge in [-0.05, 0) is 0 Å². The zero-order valence-electron chi connectivity index (χ0n) is 4.81. The van der Waals surface area contributed by atoms with Crippen LogP contribution in [0.25, 0.3) is 0 Å². The van der Waals surface area contributed by atoms with Gasteiger partial charge >= 0.3 is 63.7 Å². The van der Waals surface area contributed by atoms with Gasteiger partial charge in [0, 0.05) is 0 Å². The van der Waals surface area contributed by atoms with E-state index in [0.717, 1.165) is 6.42 Å². The van der Waals surface area contributed by atoms with Crippen LogP contribution in [0.2, 0.25) is 0 Å². The predicted molar refractivity (Wildman–Crippen MR) is 37.3 cm³/mol. The number of unbranched alkanes of at least 4 members (excludes halogenated alkanes) is 2. The standard InChI is InChI=1S/C5H10.2ClH.Ru/c1-3-5-4-2;;;/h1H,3-5H2,2H3;2*1H;/q;;;+2/p-2. The third-order valence-electron chi connectivity index (χ3n) is 0.769. The summed E-state index contributed by atoms with van der Waals surface area (Å²) in [5, 5.41) is 0. The van der Waals surface area contributed by atoms with E-state index in [2.05, 4.69) is 11.5 Å². The van der Waals surface area contributed by atoms with Gasteiger partial charge in [-0.25, -0.2) is 0 Å². The summed E-state index contributed by atoms with van der Waals surface area (Å²) in [6.07, 6.45) is 3.55. The molecule has 0 atom stereocenters. The van der Waals surface area contributed by atoms with Crippen molar-refractivity contribution in [2.75, 3.05) is 0 Å². The molecule has 0 aromatic rings. The zero-order valence-corrected chi connectivity index (χ0v) is 8.06. The first-order chi connectivity index (χ1) is 3.77. The van der Waals surface area contributed by atoms with Crippen LogP contribution in [0, 0.1) is 0 Å².